The summed E-state index contributed by atoms with van der Waals surface area (Å²) in [6.45, 7) is 13.4. The Hall–Kier alpha value is -4.10. The zero-order valence-corrected chi connectivity index (χ0v) is 36.9. The molecular weight excluding hydrogens is 732 g/mol. The number of halogens is 2. The van der Waals surface area contributed by atoms with Gasteiger partial charge in [0.1, 0.15) is 0 Å². The lowest BCUT2D eigenvalue weighted by Crippen LogP contribution is -2.16. The van der Waals surface area contributed by atoms with Crippen LogP contribution in [0.1, 0.15) is 142 Å². The van der Waals surface area contributed by atoms with Gasteiger partial charge in [-0.2, -0.15) is 0 Å². The van der Waals surface area contributed by atoms with E-state index in [9.17, 15) is 0 Å². The third-order valence-electron chi connectivity index (χ3n) is 12.3. The molecule has 6 aromatic rings. The zero-order valence-electron chi connectivity index (χ0n) is 35.3. The summed E-state index contributed by atoms with van der Waals surface area (Å²) in [4.78, 5) is 0. The summed E-state index contributed by atoms with van der Waals surface area (Å²) in [5, 5.41) is 0. The standard InChI is InChI=1S/C34H34Cl2.C21H28/c1-3-23-5-7-26(8-6-23)17-32-31(22-36)18-30(16-25-9-11-27(21-35)12-10-25)33-20-29-15-24(4-2)13-14-28(29)19-34(32)33;1-5-16-10-12-20(19(8-4)13-16)15-21-14-17(6-2)9-11-18(21)7-3/h5-15,18H,3-4,16-17,19-22H2,1-2H3;9-14H,5-8,15H2,1-4H3. The maximum Gasteiger partial charge on any atom is 0.0477 e. The SMILES string of the molecule is CCc1ccc(Cc2c(CCl)cc(Cc3ccc(CCl)cc3)c3c2Cc2ccc(CC)cc2C3)cc1.CCc1ccc(Cc2cc(CC)ccc2CC)c(CC)c1. The number of hydrogen-bond acceptors (Lipinski definition) is 0. The first-order valence-electron chi connectivity index (χ1n) is 21.6. The highest BCUT2D eigenvalue weighted by Gasteiger charge is 2.24. The van der Waals surface area contributed by atoms with E-state index >= 15 is 0 Å². The third-order valence-corrected chi connectivity index (χ3v) is 12.9. The fourth-order valence-corrected chi connectivity index (χ4v) is 9.00. The summed E-state index contributed by atoms with van der Waals surface area (Å²) >= 11 is 12.7. The van der Waals surface area contributed by atoms with E-state index in [1.54, 1.807) is 0 Å². The Morgan fingerprint density at radius 1 is 0.333 bits per heavy atom. The first kappa shape index (κ1) is 42.5. The number of benzene rings is 6. The average molecular weight is 794 g/mol. The van der Waals surface area contributed by atoms with Gasteiger partial charge in [0.05, 0.1) is 0 Å². The maximum atomic E-state index is 6.63. The van der Waals surface area contributed by atoms with E-state index in [1.165, 1.54) is 94.6 Å². The number of rotatable bonds is 14. The van der Waals surface area contributed by atoms with E-state index in [4.69, 9.17) is 23.2 Å². The molecule has 57 heavy (non-hydrogen) atoms. The van der Waals surface area contributed by atoms with Gasteiger partial charge in [0.2, 0.25) is 0 Å². The quantitative estimate of drug-likeness (QED) is 0.0962. The summed E-state index contributed by atoms with van der Waals surface area (Å²) in [5.41, 5.74) is 25.6. The molecule has 2 heteroatoms. The molecule has 1 aliphatic rings. The van der Waals surface area contributed by atoms with Gasteiger partial charge in [0.25, 0.3) is 0 Å². The van der Waals surface area contributed by atoms with Gasteiger partial charge in [0.15, 0.2) is 0 Å². The molecule has 0 saturated heterocycles. The molecule has 0 fully saturated rings. The molecule has 0 aliphatic heterocycles. The molecular formula is C55H62Cl2. The highest BCUT2D eigenvalue weighted by atomic mass is 35.5. The summed E-state index contributed by atoms with van der Waals surface area (Å²) < 4.78 is 0. The summed E-state index contributed by atoms with van der Waals surface area (Å²) in [7, 11) is 0. The number of fused-ring (bicyclic) bond motifs is 2. The highest BCUT2D eigenvalue weighted by molar-refractivity contribution is 6.17. The molecule has 6 aromatic carbocycles. The van der Waals surface area contributed by atoms with Crippen molar-refractivity contribution in [3.63, 3.8) is 0 Å². The topological polar surface area (TPSA) is 0 Å². The average Bonchev–Trinajstić information content (AvgIpc) is 3.27. The van der Waals surface area contributed by atoms with Crippen LogP contribution in [0.5, 0.6) is 0 Å². The Labute approximate surface area is 354 Å². The molecule has 0 spiro atoms. The first-order chi connectivity index (χ1) is 27.8. The molecule has 0 unspecified atom stereocenters. The molecule has 0 atom stereocenters. The van der Waals surface area contributed by atoms with Gasteiger partial charge in [-0.25, -0.2) is 0 Å². The number of alkyl halides is 2. The Kier molecular flexibility index (Phi) is 15.3. The van der Waals surface area contributed by atoms with Gasteiger partial charge in [-0.15, -0.1) is 23.2 Å². The largest absolute Gasteiger partial charge is 0.122 e. The maximum absolute atomic E-state index is 6.63. The minimum atomic E-state index is 0.537. The molecule has 1 aliphatic carbocycles. The first-order valence-corrected chi connectivity index (χ1v) is 22.6. The van der Waals surface area contributed by atoms with Crippen LogP contribution in [-0.2, 0) is 82.4 Å². The summed E-state index contributed by atoms with van der Waals surface area (Å²) in [6, 6.07) is 41.4. The van der Waals surface area contributed by atoms with E-state index in [0.29, 0.717) is 11.8 Å². The lowest BCUT2D eigenvalue weighted by molar-refractivity contribution is 0.923. The predicted molar refractivity (Wildman–Crippen MR) is 248 cm³/mol. The third kappa shape index (κ3) is 10.5. The molecule has 7 rings (SSSR count). The van der Waals surface area contributed by atoms with Crippen molar-refractivity contribution in [1.29, 1.82) is 0 Å². The minimum Gasteiger partial charge on any atom is -0.122 e. The van der Waals surface area contributed by atoms with Gasteiger partial charge in [-0.05, 0) is 171 Å². The molecule has 0 saturated carbocycles. The van der Waals surface area contributed by atoms with Crippen molar-refractivity contribution >= 4 is 23.2 Å². The van der Waals surface area contributed by atoms with Crippen LogP contribution in [0.3, 0.4) is 0 Å². The normalized spacial score (nSPS) is 11.8. The summed E-state index contributed by atoms with van der Waals surface area (Å²) in [6.07, 6.45) is 11.5. The molecule has 296 valence electrons. The molecule has 0 radical (unpaired) electrons. The lowest BCUT2D eigenvalue weighted by atomic mass is 9.77. The van der Waals surface area contributed by atoms with Gasteiger partial charge in [-0.3, -0.25) is 0 Å². The van der Waals surface area contributed by atoms with Crippen LogP contribution in [0, 0.1) is 0 Å². The van der Waals surface area contributed by atoms with Crippen LogP contribution < -0.4 is 0 Å². The Balaban J connectivity index is 0.000000223. The second-order valence-corrected chi connectivity index (χ2v) is 16.4. The number of hydrogen-bond donors (Lipinski definition) is 0. The van der Waals surface area contributed by atoms with E-state index < -0.39 is 0 Å². The van der Waals surface area contributed by atoms with Crippen molar-refractivity contribution in [3.05, 3.63) is 209 Å². The second-order valence-electron chi connectivity index (χ2n) is 15.8. The van der Waals surface area contributed by atoms with Gasteiger partial charge in [-0.1, -0.05) is 151 Å². The zero-order chi connectivity index (χ0) is 40.3. The molecule has 0 bridgehead atoms. The molecule has 0 N–H and O–H groups in total. The fourth-order valence-electron chi connectivity index (χ4n) is 8.58. The predicted octanol–water partition coefficient (Wildman–Crippen LogP) is 14.5. The molecule has 0 amide bonds. The molecule has 0 nitrogen and oxygen atoms in total. The smallest absolute Gasteiger partial charge is 0.0477 e. The molecule has 0 heterocycles. The monoisotopic (exact) mass is 792 g/mol. The Morgan fingerprint density at radius 3 is 1.44 bits per heavy atom. The van der Waals surface area contributed by atoms with Gasteiger partial charge < -0.3 is 0 Å². The fraction of sp³-hybridized carbons (Fsp3) is 0.345. The van der Waals surface area contributed by atoms with E-state index in [2.05, 4.69) is 151 Å². The van der Waals surface area contributed by atoms with Crippen molar-refractivity contribution in [3.8, 4) is 0 Å². The van der Waals surface area contributed by atoms with Crippen LogP contribution >= 0.6 is 23.2 Å². The van der Waals surface area contributed by atoms with Crippen molar-refractivity contribution in [2.45, 2.75) is 124 Å². The van der Waals surface area contributed by atoms with Crippen LogP contribution in [0.15, 0.2) is 109 Å². The van der Waals surface area contributed by atoms with E-state index in [1.807, 2.05) is 0 Å². The minimum absolute atomic E-state index is 0.537. The Bertz CT molecular complexity index is 2240. The molecule has 0 aromatic heterocycles. The summed E-state index contributed by atoms with van der Waals surface area (Å²) in [5.74, 6) is 1.09. The van der Waals surface area contributed by atoms with Crippen LogP contribution in [-0.4, -0.2) is 0 Å². The highest BCUT2D eigenvalue weighted by Crippen LogP contribution is 2.37. The van der Waals surface area contributed by atoms with Crippen molar-refractivity contribution in [1.82, 2.24) is 0 Å². The Morgan fingerprint density at radius 2 is 0.842 bits per heavy atom. The van der Waals surface area contributed by atoms with E-state index in [-0.39, 0.29) is 0 Å². The van der Waals surface area contributed by atoms with Crippen LogP contribution in [0.25, 0.3) is 0 Å². The van der Waals surface area contributed by atoms with Crippen LogP contribution in [0.2, 0.25) is 0 Å². The van der Waals surface area contributed by atoms with Gasteiger partial charge in [0, 0.05) is 11.8 Å². The second kappa shape index (κ2) is 20.5. The van der Waals surface area contributed by atoms with Crippen LogP contribution in [0.4, 0.5) is 0 Å². The number of aryl methyl sites for hydroxylation is 6. The van der Waals surface area contributed by atoms with Crippen molar-refractivity contribution in [2.75, 3.05) is 0 Å². The van der Waals surface area contributed by atoms with Crippen molar-refractivity contribution < 1.29 is 0 Å². The van der Waals surface area contributed by atoms with Crippen molar-refractivity contribution in [2.24, 2.45) is 0 Å². The van der Waals surface area contributed by atoms with E-state index in [0.717, 1.165) is 76.2 Å². The van der Waals surface area contributed by atoms with Gasteiger partial charge >= 0.3 is 0 Å². The lowest BCUT2D eigenvalue weighted by Gasteiger charge is -2.28.